The Balaban J connectivity index is 1.87. The average molecular weight is 326 g/mol. The minimum absolute atomic E-state index is 0.231. The summed E-state index contributed by atoms with van der Waals surface area (Å²) in [6.45, 7) is 4.85. The normalized spacial score (nSPS) is 15.9. The minimum atomic E-state index is 0.231. The molecule has 1 aromatic rings. The molecule has 1 amide bonds. The number of amides is 1. The smallest absolute Gasteiger partial charge is 0.223 e. The van der Waals surface area contributed by atoms with E-state index in [0.717, 1.165) is 55.6 Å². The fraction of sp³-hybridized carbons (Fsp3) is 0.562. The van der Waals surface area contributed by atoms with Crippen molar-refractivity contribution < 1.29 is 9.53 Å². The van der Waals surface area contributed by atoms with E-state index in [-0.39, 0.29) is 5.91 Å². The molecule has 1 heterocycles. The van der Waals surface area contributed by atoms with Crippen LogP contribution in [-0.4, -0.2) is 62.6 Å². The number of ether oxygens (including phenoxy) is 1. The van der Waals surface area contributed by atoms with Gasteiger partial charge in [-0.25, -0.2) is 0 Å². The summed E-state index contributed by atoms with van der Waals surface area (Å²) in [5, 5.41) is 3.73. The molecule has 0 unspecified atom stereocenters. The van der Waals surface area contributed by atoms with Crippen LogP contribution in [0.2, 0.25) is 5.02 Å². The Labute approximate surface area is 137 Å². The van der Waals surface area contributed by atoms with Crippen LogP contribution < -0.4 is 10.1 Å². The van der Waals surface area contributed by atoms with Gasteiger partial charge in [-0.05, 0) is 25.2 Å². The lowest BCUT2D eigenvalue weighted by Crippen LogP contribution is -2.48. The van der Waals surface area contributed by atoms with E-state index in [4.69, 9.17) is 16.3 Å². The number of benzene rings is 1. The third-order valence-corrected chi connectivity index (χ3v) is 4.19. The van der Waals surface area contributed by atoms with Crippen LogP contribution >= 0.6 is 11.6 Å². The third-order valence-electron chi connectivity index (χ3n) is 3.95. The van der Waals surface area contributed by atoms with Crippen LogP contribution in [0.3, 0.4) is 0 Å². The summed E-state index contributed by atoms with van der Waals surface area (Å²) in [6.07, 6.45) is 0.568. The maximum absolute atomic E-state index is 12.0. The lowest BCUT2D eigenvalue weighted by atomic mass is 10.1. The number of nitrogens with one attached hydrogen (secondary N) is 1. The number of hydrogen-bond acceptors (Lipinski definition) is 4. The van der Waals surface area contributed by atoms with E-state index >= 15 is 0 Å². The maximum atomic E-state index is 12.0. The van der Waals surface area contributed by atoms with Crippen LogP contribution in [0.4, 0.5) is 0 Å². The van der Waals surface area contributed by atoms with Crippen molar-refractivity contribution >= 4 is 17.5 Å². The Hall–Kier alpha value is -1.30. The number of carbonyl (C=O) groups is 1. The van der Waals surface area contributed by atoms with Gasteiger partial charge in [-0.1, -0.05) is 11.6 Å². The Morgan fingerprint density at radius 1 is 1.32 bits per heavy atom. The third kappa shape index (κ3) is 4.60. The van der Waals surface area contributed by atoms with Crippen molar-refractivity contribution in [2.24, 2.45) is 0 Å². The second-order valence-electron chi connectivity index (χ2n) is 5.47. The Bertz CT molecular complexity index is 502. The number of nitrogens with zero attached hydrogens (tertiary/aromatic N) is 2. The van der Waals surface area contributed by atoms with E-state index in [9.17, 15) is 4.79 Å². The van der Waals surface area contributed by atoms with Gasteiger partial charge in [-0.2, -0.15) is 0 Å². The summed E-state index contributed by atoms with van der Waals surface area (Å²) in [7, 11) is 3.54. The van der Waals surface area contributed by atoms with Gasteiger partial charge in [0.2, 0.25) is 5.91 Å². The molecule has 0 radical (unpaired) electrons. The minimum Gasteiger partial charge on any atom is -0.496 e. The first kappa shape index (κ1) is 17.1. The molecule has 0 aliphatic carbocycles. The molecule has 122 valence electrons. The monoisotopic (exact) mass is 325 g/mol. The molecule has 22 heavy (non-hydrogen) atoms. The van der Waals surface area contributed by atoms with Crippen LogP contribution in [0, 0.1) is 0 Å². The molecule has 5 nitrogen and oxygen atoms in total. The van der Waals surface area contributed by atoms with E-state index in [1.807, 2.05) is 30.1 Å². The summed E-state index contributed by atoms with van der Waals surface area (Å²) in [6, 6.07) is 5.68. The molecule has 1 N–H and O–H groups in total. The van der Waals surface area contributed by atoms with E-state index in [2.05, 4.69) is 10.2 Å². The van der Waals surface area contributed by atoms with Gasteiger partial charge >= 0.3 is 0 Å². The predicted molar refractivity (Wildman–Crippen MR) is 88.4 cm³/mol. The predicted octanol–water partition coefficient (Wildman–Crippen LogP) is 1.60. The molecule has 1 aliphatic heterocycles. The maximum Gasteiger partial charge on any atom is 0.223 e. The topological polar surface area (TPSA) is 44.8 Å². The first-order chi connectivity index (χ1) is 10.6. The fourth-order valence-corrected chi connectivity index (χ4v) is 2.85. The van der Waals surface area contributed by atoms with Crippen LogP contribution in [0.5, 0.6) is 5.75 Å². The highest BCUT2D eigenvalue weighted by atomic mass is 35.5. The highest BCUT2D eigenvalue weighted by Crippen LogP contribution is 2.24. The molecule has 1 saturated heterocycles. The molecule has 1 aromatic carbocycles. The highest BCUT2D eigenvalue weighted by Gasteiger charge is 2.21. The van der Waals surface area contributed by atoms with Gasteiger partial charge < -0.3 is 15.0 Å². The second kappa shape index (κ2) is 8.36. The Kier molecular flexibility index (Phi) is 6.49. The van der Waals surface area contributed by atoms with Gasteiger partial charge in [0.1, 0.15) is 5.75 Å². The summed E-state index contributed by atoms with van der Waals surface area (Å²) in [5.41, 5.74) is 1.09. The SMILES string of the molecule is CNCCC(=O)N1CCN(Cc2cc(Cl)ccc2OC)CC1. The van der Waals surface area contributed by atoms with Crippen LogP contribution in [0.25, 0.3) is 0 Å². The lowest BCUT2D eigenvalue weighted by Gasteiger charge is -2.35. The van der Waals surface area contributed by atoms with Gasteiger partial charge in [-0.3, -0.25) is 9.69 Å². The first-order valence-electron chi connectivity index (χ1n) is 7.61. The van der Waals surface area contributed by atoms with Crippen LogP contribution in [-0.2, 0) is 11.3 Å². The van der Waals surface area contributed by atoms with E-state index in [1.54, 1.807) is 7.11 Å². The number of methoxy groups -OCH3 is 1. The van der Waals surface area contributed by atoms with Gasteiger partial charge in [0, 0.05) is 56.3 Å². The van der Waals surface area contributed by atoms with Crippen molar-refractivity contribution in [3.8, 4) is 5.75 Å². The molecule has 1 aliphatic rings. The van der Waals surface area contributed by atoms with Gasteiger partial charge in [0.25, 0.3) is 0 Å². The zero-order valence-electron chi connectivity index (χ0n) is 13.3. The Morgan fingerprint density at radius 2 is 2.05 bits per heavy atom. The summed E-state index contributed by atoms with van der Waals surface area (Å²) < 4.78 is 5.39. The van der Waals surface area contributed by atoms with Crippen molar-refractivity contribution in [2.75, 3.05) is 46.9 Å². The molecule has 0 aromatic heterocycles. The molecule has 2 rings (SSSR count). The first-order valence-corrected chi connectivity index (χ1v) is 7.99. The Morgan fingerprint density at radius 3 is 2.68 bits per heavy atom. The average Bonchev–Trinajstić information content (AvgIpc) is 2.53. The number of piperazine rings is 1. The summed E-state index contributed by atoms with van der Waals surface area (Å²) in [4.78, 5) is 16.3. The van der Waals surface area contributed by atoms with Gasteiger partial charge in [0.05, 0.1) is 7.11 Å². The molecular weight excluding hydrogens is 302 g/mol. The number of carbonyl (C=O) groups excluding carboxylic acids is 1. The van der Waals surface area contributed by atoms with Crippen molar-refractivity contribution in [3.63, 3.8) is 0 Å². The molecule has 0 spiro atoms. The second-order valence-corrected chi connectivity index (χ2v) is 5.90. The van der Waals surface area contributed by atoms with Gasteiger partial charge in [-0.15, -0.1) is 0 Å². The molecular formula is C16H24ClN3O2. The van der Waals surface area contributed by atoms with E-state index in [0.29, 0.717) is 6.42 Å². The zero-order valence-corrected chi connectivity index (χ0v) is 14.0. The number of halogens is 1. The lowest BCUT2D eigenvalue weighted by molar-refractivity contribution is -0.132. The number of rotatable bonds is 6. The summed E-state index contributed by atoms with van der Waals surface area (Å²) in [5.74, 6) is 1.09. The quantitative estimate of drug-likeness (QED) is 0.863. The molecule has 6 heteroatoms. The summed E-state index contributed by atoms with van der Waals surface area (Å²) >= 11 is 6.07. The van der Waals surface area contributed by atoms with E-state index in [1.165, 1.54) is 0 Å². The van der Waals surface area contributed by atoms with Crippen molar-refractivity contribution in [3.05, 3.63) is 28.8 Å². The molecule has 1 fully saturated rings. The largest absolute Gasteiger partial charge is 0.496 e. The van der Waals surface area contributed by atoms with Crippen molar-refractivity contribution in [2.45, 2.75) is 13.0 Å². The highest BCUT2D eigenvalue weighted by molar-refractivity contribution is 6.30. The van der Waals surface area contributed by atoms with E-state index < -0.39 is 0 Å². The zero-order chi connectivity index (χ0) is 15.9. The fourth-order valence-electron chi connectivity index (χ4n) is 2.66. The van der Waals surface area contributed by atoms with Crippen LogP contribution in [0.1, 0.15) is 12.0 Å². The van der Waals surface area contributed by atoms with Gasteiger partial charge in [0.15, 0.2) is 0 Å². The molecule has 0 saturated carbocycles. The van der Waals surface area contributed by atoms with Crippen molar-refractivity contribution in [1.29, 1.82) is 0 Å². The van der Waals surface area contributed by atoms with Crippen LogP contribution in [0.15, 0.2) is 18.2 Å². The van der Waals surface area contributed by atoms with Crippen molar-refractivity contribution in [1.82, 2.24) is 15.1 Å². The standard InChI is InChI=1S/C16H24ClN3O2/c1-18-6-5-16(21)20-9-7-19(8-10-20)12-13-11-14(17)3-4-15(13)22-2/h3-4,11,18H,5-10,12H2,1-2H3. The molecule has 0 atom stereocenters. The molecule has 0 bridgehead atoms. The number of hydrogen-bond donors (Lipinski definition) is 1.